The first-order valence-corrected chi connectivity index (χ1v) is 15.5. The van der Waals surface area contributed by atoms with Crippen molar-refractivity contribution in [3.63, 3.8) is 0 Å². The van der Waals surface area contributed by atoms with Gasteiger partial charge in [-0.05, 0) is 74.4 Å². The number of fused-ring (bicyclic) bond motifs is 4. The lowest BCUT2D eigenvalue weighted by molar-refractivity contribution is -0.138. The standard InChI is InChI=1S/C29H22Br2Cl2N2O9/c1-34-26(42)28(32)9-15-11(19(29(28,33)27(34)43)14-8-17(44-2)22(37)21(31)20(14)30)5-6-13-18(15)24(39)35(23(13)38)10-3-4-12(25(40)41)16(36)7-10/h3-5,7-8,13,15,18-19,36-37H,6,9H2,1-2H3,(H,40,41)/t13-,15+,18-,19+,28+,29-/m0/s1. The number of nitrogens with zero attached hydrogens (tertiary/aromatic N) is 2. The first-order chi connectivity index (χ1) is 20.6. The Bertz CT molecular complexity index is 1770. The van der Waals surface area contributed by atoms with Crippen LogP contribution in [0.5, 0.6) is 17.2 Å². The third kappa shape index (κ3) is 3.82. The number of ether oxygens (including phenoxy) is 1. The summed E-state index contributed by atoms with van der Waals surface area (Å²) in [6, 6.07) is 4.86. The summed E-state index contributed by atoms with van der Waals surface area (Å²) in [5.74, 6) is -8.72. The maximum Gasteiger partial charge on any atom is 0.339 e. The van der Waals surface area contributed by atoms with Gasteiger partial charge in [-0.2, -0.15) is 0 Å². The van der Waals surface area contributed by atoms with Crippen molar-refractivity contribution in [2.24, 2.45) is 17.8 Å². The molecular weight excluding hydrogens is 751 g/mol. The first-order valence-electron chi connectivity index (χ1n) is 13.2. The molecule has 6 atom stereocenters. The molecular formula is C29H22Br2Cl2N2O9. The Morgan fingerprint density at radius 2 is 1.70 bits per heavy atom. The summed E-state index contributed by atoms with van der Waals surface area (Å²) in [6.45, 7) is 0. The van der Waals surface area contributed by atoms with Crippen LogP contribution in [0.4, 0.5) is 5.69 Å². The van der Waals surface area contributed by atoms with Crippen LogP contribution in [0.1, 0.15) is 34.7 Å². The minimum atomic E-state index is -2.05. The number of amides is 4. The van der Waals surface area contributed by atoms with Crippen molar-refractivity contribution in [3.05, 3.63) is 56.0 Å². The van der Waals surface area contributed by atoms with E-state index in [0.717, 1.165) is 21.9 Å². The number of rotatable bonds is 4. The molecule has 4 amide bonds. The summed E-state index contributed by atoms with van der Waals surface area (Å²) in [5.41, 5.74) is 0.447. The number of phenols is 2. The van der Waals surface area contributed by atoms with E-state index in [9.17, 15) is 39.3 Å². The second-order valence-electron chi connectivity index (χ2n) is 11.2. The van der Waals surface area contributed by atoms with Gasteiger partial charge in [0.2, 0.25) is 11.8 Å². The number of anilines is 1. The van der Waals surface area contributed by atoms with Crippen LogP contribution in [0, 0.1) is 17.8 Å². The molecule has 2 aliphatic carbocycles. The number of alkyl halides is 2. The SMILES string of the molecule is COc1cc([C@H]2C3=CC[C@@H]4C(=O)N(c5ccc(C(=O)O)c(O)c5)C(=O)[C@@H]4[C@@H]3C[C@@]3(Cl)C(=O)N(C)C(=O)[C@@]23Cl)c(Br)c(Br)c1O. The molecule has 2 aromatic rings. The summed E-state index contributed by atoms with van der Waals surface area (Å²) in [5, 5.41) is 30.2. The summed E-state index contributed by atoms with van der Waals surface area (Å²) < 4.78 is 5.86. The number of carbonyl (C=O) groups is 5. The van der Waals surface area contributed by atoms with Gasteiger partial charge in [-0.1, -0.05) is 11.6 Å². The number of allylic oxidation sites excluding steroid dienone is 2. The normalized spacial score (nSPS) is 31.1. The van der Waals surface area contributed by atoms with Gasteiger partial charge in [-0.15, -0.1) is 23.2 Å². The van der Waals surface area contributed by atoms with E-state index in [4.69, 9.17) is 27.9 Å². The molecule has 2 aromatic carbocycles. The van der Waals surface area contributed by atoms with Crippen molar-refractivity contribution in [1.29, 1.82) is 0 Å². The van der Waals surface area contributed by atoms with Crippen LogP contribution in [-0.4, -0.2) is 73.7 Å². The molecule has 44 heavy (non-hydrogen) atoms. The van der Waals surface area contributed by atoms with Crippen LogP contribution < -0.4 is 9.64 Å². The molecule has 0 bridgehead atoms. The predicted molar refractivity (Wildman–Crippen MR) is 163 cm³/mol. The molecule has 11 nitrogen and oxygen atoms in total. The number of imide groups is 2. The molecule has 15 heteroatoms. The zero-order chi connectivity index (χ0) is 32.2. The van der Waals surface area contributed by atoms with E-state index in [1.807, 2.05) is 0 Å². The Kier molecular flexibility index (Phi) is 7.15. The number of halogens is 4. The number of carboxylic acids is 1. The Balaban J connectivity index is 1.53. The van der Waals surface area contributed by atoms with Crippen molar-refractivity contribution in [1.82, 2.24) is 4.90 Å². The number of hydrogen-bond acceptors (Lipinski definition) is 8. The summed E-state index contributed by atoms with van der Waals surface area (Å²) >= 11 is 21.2. The number of hydrogen-bond donors (Lipinski definition) is 3. The highest BCUT2D eigenvalue weighted by atomic mass is 79.9. The fourth-order valence-electron chi connectivity index (χ4n) is 7.16. The van der Waals surface area contributed by atoms with Gasteiger partial charge >= 0.3 is 5.97 Å². The lowest BCUT2D eigenvalue weighted by atomic mass is 9.56. The molecule has 0 aromatic heterocycles. The molecule has 3 fully saturated rings. The van der Waals surface area contributed by atoms with E-state index in [2.05, 4.69) is 31.9 Å². The van der Waals surface area contributed by atoms with Crippen molar-refractivity contribution < 1.29 is 44.0 Å². The topological polar surface area (TPSA) is 162 Å². The molecule has 2 saturated heterocycles. The number of carbonyl (C=O) groups excluding carboxylic acids is 4. The van der Waals surface area contributed by atoms with E-state index in [1.54, 1.807) is 6.08 Å². The quantitative estimate of drug-likeness (QED) is 0.231. The van der Waals surface area contributed by atoms with E-state index in [0.29, 0.717) is 15.6 Å². The third-order valence-electron chi connectivity index (χ3n) is 9.19. The average Bonchev–Trinajstić information content (AvgIpc) is 3.31. The number of aromatic carboxylic acids is 1. The number of likely N-dealkylation sites (tertiary alicyclic amines) is 1. The number of aromatic hydroxyl groups is 2. The Hall–Kier alpha value is -3.13. The minimum Gasteiger partial charge on any atom is -0.507 e. The molecule has 3 N–H and O–H groups in total. The van der Waals surface area contributed by atoms with Crippen molar-refractivity contribution >= 4 is 90.3 Å². The molecule has 4 aliphatic rings. The van der Waals surface area contributed by atoms with E-state index in [1.165, 1.54) is 26.3 Å². The Morgan fingerprint density at radius 3 is 2.32 bits per heavy atom. The third-order valence-corrected chi connectivity index (χ3v) is 12.8. The smallest absolute Gasteiger partial charge is 0.339 e. The maximum absolute atomic E-state index is 14.1. The zero-order valence-electron chi connectivity index (χ0n) is 22.8. The van der Waals surface area contributed by atoms with Gasteiger partial charge in [0.05, 0.1) is 29.1 Å². The fraction of sp³-hybridized carbons (Fsp3) is 0.345. The second-order valence-corrected chi connectivity index (χ2v) is 14.0. The van der Waals surface area contributed by atoms with Crippen molar-refractivity contribution in [2.45, 2.75) is 28.5 Å². The second kappa shape index (κ2) is 10.2. The number of methoxy groups -OCH3 is 1. The van der Waals surface area contributed by atoms with Gasteiger partial charge in [0.15, 0.2) is 21.2 Å². The van der Waals surface area contributed by atoms with E-state index in [-0.39, 0.29) is 34.5 Å². The molecule has 0 unspecified atom stereocenters. The molecule has 2 aliphatic heterocycles. The lowest BCUT2D eigenvalue weighted by Gasteiger charge is -2.51. The van der Waals surface area contributed by atoms with Crippen LogP contribution in [0.25, 0.3) is 0 Å². The molecule has 230 valence electrons. The summed E-state index contributed by atoms with van der Waals surface area (Å²) in [6.07, 6.45) is 1.59. The van der Waals surface area contributed by atoms with Gasteiger partial charge in [-0.25, -0.2) is 9.69 Å². The van der Waals surface area contributed by atoms with Crippen LogP contribution in [0.3, 0.4) is 0 Å². The van der Waals surface area contributed by atoms with Crippen LogP contribution in [0.2, 0.25) is 0 Å². The van der Waals surface area contributed by atoms with Gasteiger partial charge in [0.1, 0.15) is 11.3 Å². The number of benzene rings is 2. The summed E-state index contributed by atoms with van der Waals surface area (Å²) in [7, 11) is 2.61. The predicted octanol–water partition coefficient (Wildman–Crippen LogP) is 4.52. The number of carboxylic acid groups (broad SMARTS) is 1. The lowest BCUT2D eigenvalue weighted by Crippen LogP contribution is -2.60. The van der Waals surface area contributed by atoms with Gasteiger partial charge < -0.3 is 20.1 Å². The van der Waals surface area contributed by atoms with Crippen LogP contribution in [-0.2, 0) is 19.2 Å². The van der Waals surface area contributed by atoms with Crippen molar-refractivity contribution in [2.75, 3.05) is 19.1 Å². The zero-order valence-corrected chi connectivity index (χ0v) is 27.5. The highest BCUT2D eigenvalue weighted by Gasteiger charge is 2.76. The fourth-order valence-corrected chi connectivity index (χ4v) is 9.13. The maximum atomic E-state index is 14.1. The average molecular weight is 773 g/mol. The first kappa shape index (κ1) is 30.9. The monoisotopic (exact) mass is 770 g/mol. The molecule has 0 radical (unpaired) electrons. The van der Waals surface area contributed by atoms with Gasteiger partial charge in [0.25, 0.3) is 11.8 Å². The van der Waals surface area contributed by atoms with Gasteiger partial charge in [0, 0.05) is 23.5 Å². The minimum absolute atomic E-state index is 0.0140. The van der Waals surface area contributed by atoms with Gasteiger partial charge in [-0.3, -0.25) is 24.1 Å². The Labute approximate surface area is 276 Å². The van der Waals surface area contributed by atoms with E-state index >= 15 is 0 Å². The van der Waals surface area contributed by atoms with Crippen LogP contribution in [0.15, 0.2) is 44.9 Å². The molecule has 6 rings (SSSR count). The Morgan fingerprint density at radius 1 is 1.02 bits per heavy atom. The highest BCUT2D eigenvalue weighted by Crippen LogP contribution is 2.66. The molecule has 0 spiro atoms. The summed E-state index contributed by atoms with van der Waals surface area (Å²) in [4.78, 5) is 64.3. The van der Waals surface area contributed by atoms with Crippen molar-refractivity contribution in [3.8, 4) is 17.2 Å². The van der Waals surface area contributed by atoms with Crippen LogP contribution >= 0.6 is 55.1 Å². The largest absolute Gasteiger partial charge is 0.507 e. The van der Waals surface area contributed by atoms with E-state index < -0.39 is 74.3 Å². The molecule has 2 heterocycles. The molecule has 1 saturated carbocycles. The number of phenolic OH excluding ortho intramolecular Hbond substituents is 1. The highest BCUT2D eigenvalue weighted by molar-refractivity contribution is 9.13.